The van der Waals surface area contributed by atoms with E-state index < -0.39 is 15.1 Å². The zero-order valence-corrected chi connectivity index (χ0v) is 17.5. The molecule has 154 valence electrons. The van der Waals surface area contributed by atoms with E-state index in [0.717, 1.165) is 18.5 Å². The molecule has 2 fully saturated rings. The molecule has 2 atom stereocenters. The molecular weight excluding hydrogens is 388 g/mol. The Labute approximate surface area is 171 Å². The highest BCUT2D eigenvalue weighted by atomic mass is 32.2. The fraction of sp³-hybridized carbons (Fsp3) is 0.476. The lowest BCUT2D eigenvalue weighted by Gasteiger charge is -2.38. The first kappa shape index (κ1) is 19.8. The highest BCUT2D eigenvalue weighted by Gasteiger charge is 2.47. The molecule has 2 saturated heterocycles. The van der Waals surface area contributed by atoms with Crippen molar-refractivity contribution in [2.45, 2.75) is 67.9 Å². The van der Waals surface area contributed by atoms with Gasteiger partial charge in [0.15, 0.2) is 0 Å². The number of fused-ring (bicyclic) bond motifs is 2. The van der Waals surface area contributed by atoms with Gasteiger partial charge >= 0.3 is 6.03 Å². The lowest BCUT2D eigenvalue weighted by Crippen LogP contribution is -2.51. The lowest BCUT2D eigenvalue weighted by molar-refractivity contribution is 0.159. The zero-order valence-electron chi connectivity index (χ0n) is 16.7. The largest absolute Gasteiger partial charge is 0.322 e. The Morgan fingerprint density at radius 1 is 1.07 bits per heavy atom. The quantitative estimate of drug-likeness (QED) is 0.772. The van der Waals surface area contributed by atoms with Crippen LogP contribution in [0, 0.1) is 0 Å². The molecule has 1 aromatic heterocycles. The van der Waals surface area contributed by atoms with E-state index in [4.69, 9.17) is 0 Å². The van der Waals surface area contributed by atoms with Crippen LogP contribution in [0.25, 0.3) is 0 Å². The Hall–Kier alpha value is -2.48. The van der Waals surface area contributed by atoms with Crippen molar-refractivity contribution < 1.29 is 13.2 Å². The first-order valence-electron chi connectivity index (χ1n) is 10.1. The third-order valence-corrected chi connectivity index (χ3v) is 7.97. The Bertz CT molecular complexity index is 963. The van der Waals surface area contributed by atoms with Crippen LogP contribution in [0.4, 0.5) is 10.5 Å². The van der Waals surface area contributed by atoms with E-state index in [1.165, 1.54) is 18.0 Å². The molecule has 0 radical (unpaired) electrons. The topological polar surface area (TPSA) is 92.3 Å². The average molecular weight is 415 g/mol. The number of hydrogen-bond acceptors (Lipinski definition) is 5. The number of carbonyl (C=O) groups is 1. The van der Waals surface area contributed by atoms with Gasteiger partial charge in [0, 0.05) is 30.2 Å². The van der Waals surface area contributed by atoms with Gasteiger partial charge in [0.05, 0.1) is 5.25 Å². The van der Waals surface area contributed by atoms with Crippen LogP contribution >= 0.6 is 0 Å². The second-order valence-corrected chi connectivity index (χ2v) is 10.3. The van der Waals surface area contributed by atoms with Gasteiger partial charge in [-0.3, -0.25) is 0 Å². The molecule has 4 rings (SSSR count). The molecule has 0 aliphatic carbocycles. The number of urea groups is 1. The van der Waals surface area contributed by atoms with E-state index in [1.807, 2.05) is 29.2 Å². The Morgan fingerprint density at radius 3 is 2.21 bits per heavy atom. The van der Waals surface area contributed by atoms with Crippen molar-refractivity contribution in [2.75, 3.05) is 5.32 Å². The highest BCUT2D eigenvalue weighted by Crippen LogP contribution is 2.39. The number of rotatable bonds is 4. The predicted molar refractivity (Wildman–Crippen MR) is 110 cm³/mol. The Balaban J connectivity index is 1.46. The van der Waals surface area contributed by atoms with Gasteiger partial charge in [0.1, 0.15) is 0 Å². The van der Waals surface area contributed by atoms with Crippen molar-refractivity contribution in [1.82, 2.24) is 14.9 Å². The highest BCUT2D eigenvalue weighted by molar-refractivity contribution is 7.91. The summed E-state index contributed by atoms with van der Waals surface area (Å²) in [5.41, 5.74) is 1.98. The molecule has 2 unspecified atom stereocenters. The summed E-state index contributed by atoms with van der Waals surface area (Å²) in [5, 5.41) is 2.31. The van der Waals surface area contributed by atoms with Gasteiger partial charge in [-0.25, -0.2) is 23.2 Å². The van der Waals surface area contributed by atoms with Crippen LogP contribution in [0.15, 0.2) is 47.9 Å². The van der Waals surface area contributed by atoms with Crippen molar-refractivity contribution >= 4 is 21.6 Å². The third-order valence-electron chi connectivity index (χ3n) is 5.99. The van der Waals surface area contributed by atoms with Gasteiger partial charge in [-0.1, -0.05) is 26.0 Å². The van der Waals surface area contributed by atoms with Crippen LogP contribution in [0.1, 0.15) is 51.0 Å². The van der Waals surface area contributed by atoms with Crippen molar-refractivity contribution in [3.63, 3.8) is 0 Å². The van der Waals surface area contributed by atoms with Gasteiger partial charge < -0.3 is 10.2 Å². The van der Waals surface area contributed by atoms with E-state index in [2.05, 4.69) is 29.1 Å². The number of sulfone groups is 1. The molecule has 1 N–H and O–H groups in total. The third kappa shape index (κ3) is 3.85. The Morgan fingerprint density at radius 2 is 1.66 bits per heavy atom. The fourth-order valence-electron chi connectivity index (χ4n) is 4.43. The Kier molecular flexibility index (Phi) is 5.29. The number of anilines is 1. The number of amides is 2. The summed E-state index contributed by atoms with van der Waals surface area (Å²) < 4.78 is 25.8. The summed E-state index contributed by atoms with van der Waals surface area (Å²) >= 11 is 0. The van der Waals surface area contributed by atoms with Crippen LogP contribution in [0.2, 0.25) is 0 Å². The molecule has 0 spiro atoms. The average Bonchev–Trinajstić information content (AvgIpc) is 2.98. The molecule has 2 amide bonds. The van der Waals surface area contributed by atoms with Gasteiger partial charge in [-0.15, -0.1) is 0 Å². The smallest absolute Gasteiger partial charge is 0.318 e. The summed E-state index contributed by atoms with van der Waals surface area (Å²) in [6.45, 7) is 4.26. The molecule has 7 nitrogen and oxygen atoms in total. The minimum atomic E-state index is -3.59. The summed E-state index contributed by atoms with van der Waals surface area (Å²) in [5.74, 6) is 0.435. The van der Waals surface area contributed by atoms with Crippen molar-refractivity contribution in [3.05, 3.63) is 48.3 Å². The minimum absolute atomic E-state index is 0.0767. The maximum Gasteiger partial charge on any atom is 0.322 e. The molecule has 0 saturated carbocycles. The van der Waals surface area contributed by atoms with E-state index in [-0.39, 0.29) is 23.3 Å². The monoisotopic (exact) mass is 414 g/mol. The van der Waals surface area contributed by atoms with Crippen LogP contribution in [0.5, 0.6) is 0 Å². The molecule has 29 heavy (non-hydrogen) atoms. The molecule has 2 bridgehead atoms. The normalized spacial score (nSPS) is 24.0. The summed E-state index contributed by atoms with van der Waals surface area (Å²) in [7, 11) is -3.59. The van der Waals surface area contributed by atoms with Gasteiger partial charge in [0.25, 0.3) is 0 Å². The van der Waals surface area contributed by atoms with Gasteiger partial charge in [-0.05, 0) is 55.4 Å². The number of nitrogens with zero attached hydrogens (tertiary/aromatic N) is 3. The number of piperidine rings is 1. The first-order valence-corrected chi connectivity index (χ1v) is 11.6. The maximum absolute atomic E-state index is 12.9. The van der Waals surface area contributed by atoms with Crippen LogP contribution in [-0.2, 0) is 9.84 Å². The van der Waals surface area contributed by atoms with Crippen molar-refractivity contribution in [2.24, 2.45) is 0 Å². The number of benzene rings is 1. The molecule has 1 aromatic carbocycles. The van der Waals surface area contributed by atoms with E-state index in [1.54, 1.807) is 6.07 Å². The lowest BCUT2D eigenvalue weighted by atomic mass is 10.0. The summed E-state index contributed by atoms with van der Waals surface area (Å²) in [6.07, 6.45) is 5.40. The second-order valence-electron chi connectivity index (χ2n) is 8.17. The van der Waals surface area contributed by atoms with Gasteiger partial charge in [0.2, 0.25) is 15.0 Å². The standard InChI is InChI=1S/C21H26N4O3S/c1-14(2)15-4-6-16(7-5-15)24-21(26)25-17-8-9-18(25)13-19(12-17)29(27,28)20-22-10-3-11-23-20/h3-7,10-11,14,17-19H,8-9,12-13H2,1-2H3,(H,24,26). The summed E-state index contributed by atoms with van der Waals surface area (Å²) in [6, 6.07) is 9.17. The number of hydrogen-bond donors (Lipinski definition) is 1. The number of aromatic nitrogens is 2. The molecule has 8 heteroatoms. The first-order chi connectivity index (χ1) is 13.9. The molecule has 2 aliphatic heterocycles. The second kappa shape index (κ2) is 7.74. The molecule has 3 heterocycles. The van der Waals surface area contributed by atoms with E-state index in [0.29, 0.717) is 18.8 Å². The van der Waals surface area contributed by atoms with E-state index >= 15 is 0 Å². The van der Waals surface area contributed by atoms with E-state index in [9.17, 15) is 13.2 Å². The van der Waals surface area contributed by atoms with Crippen molar-refractivity contribution in [3.8, 4) is 0 Å². The molecule has 2 aromatic rings. The predicted octanol–water partition coefficient (Wildman–Crippen LogP) is 3.60. The van der Waals surface area contributed by atoms with Crippen LogP contribution in [-0.4, -0.2) is 46.7 Å². The van der Waals surface area contributed by atoms with Crippen LogP contribution in [0.3, 0.4) is 0 Å². The van der Waals surface area contributed by atoms with Crippen molar-refractivity contribution in [1.29, 1.82) is 0 Å². The zero-order chi connectivity index (χ0) is 20.6. The fourth-order valence-corrected chi connectivity index (χ4v) is 6.10. The van der Waals surface area contributed by atoms with Crippen LogP contribution < -0.4 is 5.32 Å². The number of carbonyl (C=O) groups excluding carboxylic acids is 1. The number of nitrogens with one attached hydrogen (secondary N) is 1. The molecule has 2 aliphatic rings. The SMILES string of the molecule is CC(C)c1ccc(NC(=O)N2C3CCC2CC(S(=O)(=O)c2ncccn2)C3)cc1. The maximum atomic E-state index is 12.9. The van der Waals surface area contributed by atoms with Gasteiger partial charge in [-0.2, -0.15) is 0 Å². The summed E-state index contributed by atoms with van der Waals surface area (Å²) in [4.78, 5) is 22.6. The molecular formula is C21H26N4O3S. The minimum Gasteiger partial charge on any atom is -0.318 e.